The second kappa shape index (κ2) is 11.6. The lowest BCUT2D eigenvalue weighted by Gasteiger charge is -2.19. The molecule has 1 fully saturated rings. The van der Waals surface area contributed by atoms with Crippen LogP contribution in [0.25, 0.3) is 11.1 Å². The molecule has 2 nitrogen and oxygen atoms in total. The zero-order valence-electron chi connectivity index (χ0n) is 22.4. The highest BCUT2D eigenvalue weighted by Crippen LogP contribution is 2.42. The largest absolute Gasteiger partial charge is 0.507 e. The summed E-state index contributed by atoms with van der Waals surface area (Å²) in [7, 11) is 0. The number of nitrogens with zero attached hydrogens (tertiary/aromatic N) is 1. The molecule has 0 amide bonds. The van der Waals surface area contributed by atoms with Gasteiger partial charge in [-0.2, -0.15) is 0 Å². The van der Waals surface area contributed by atoms with Crippen LogP contribution in [0, 0.1) is 12.8 Å². The fraction of sp³-hybridized carbons (Fsp3) is 0.412. The zero-order valence-corrected chi connectivity index (χ0v) is 22.4. The van der Waals surface area contributed by atoms with Crippen LogP contribution in [0.3, 0.4) is 0 Å². The molecule has 3 aromatic rings. The molecule has 0 bridgehead atoms. The summed E-state index contributed by atoms with van der Waals surface area (Å²) in [5.74, 6) is 1.04. The van der Waals surface area contributed by atoms with E-state index in [0.717, 1.165) is 62.9 Å². The van der Waals surface area contributed by atoms with Crippen molar-refractivity contribution in [1.29, 1.82) is 0 Å². The summed E-state index contributed by atoms with van der Waals surface area (Å²) in [6.45, 7) is 7.13. The monoisotopic (exact) mass is 497 g/mol. The Morgan fingerprint density at radius 2 is 1.73 bits per heavy atom. The van der Waals surface area contributed by atoms with Crippen molar-refractivity contribution in [2.75, 3.05) is 26.3 Å². The van der Waals surface area contributed by atoms with E-state index in [1.165, 1.54) is 45.4 Å². The van der Waals surface area contributed by atoms with Gasteiger partial charge in [0, 0.05) is 18.7 Å². The number of fused-ring (bicyclic) bond motifs is 1. The third kappa shape index (κ3) is 5.83. The van der Waals surface area contributed by atoms with Crippen molar-refractivity contribution in [3.8, 4) is 5.75 Å². The van der Waals surface area contributed by atoms with E-state index in [0.29, 0.717) is 18.1 Å². The van der Waals surface area contributed by atoms with Crippen molar-refractivity contribution in [2.24, 2.45) is 5.92 Å². The molecule has 1 atom stereocenters. The molecule has 2 aliphatic rings. The lowest BCUT2D eigenvalue weighted by Crippen LogP contribution is -2.22. The van der Waals surface area contributed by atoms with Crippen LogP contribution in [0.2, 0.25) is 0 Å². The first kappa shape index (κ1) is 25.7. The minimum Gasteiger partial charge on any atom is -0.507 e. The van der Waals surface area contributed by atoms with Crippen molar-refractivity contribution < 1.29 is 9.50 Å². The van der Waals surface area contributed by atoms with Crippen LogP contribution in [-0.2, 0) is 19.3 Å². The Morgan fingerprint density at radius 1 is 0.946 bits per heavy atom. The number of phenols is 1. The van der Waals surface area contributed by atoms with E-state index in [9.17, 15) is 9.50 Å². The van der Waals surface area contributed by atoms with Gasteiger partial charge in [-0.3, -0.25) is 4.39 Å². The van der Waals surface area contributed by atoms with Crippen molar-refractivity contribution in [2.45, 2.75) is 58.8 Å². The average Bonchev–Trinajstić information content (AvgIpc) is 3.27. The third-order valence-electron chi connectivity index (χ3n) is 8.25. The summed E-state index contributed by atoms with van der Waals surface area (Å²) in [5, 5.41) is 11.0. The van der Waals surface area contributed by atoms with E-state index in [-0.39, 0.29) is 6.67 Å². The molecule has 37 heavy (non-hydrogen) atoms. The number of hydrogen-bond acceptors (Lipinski definition) is 2. The van der Waals surface area contributed by atoms with E-state index in [2.05, 4.69) is 73.3 Å². The van der Waals surface area contributed by atoms with Gasteiger partial charge >= 0.3 is 0 Å². The summed E-state index contributed by atoms with van der Waals surface area (Å²) in [5.41, 5.74) is 11.2. The number of benzene rings is 3. The highest BCUT2D eigenvalue weighted by molar-refractivity contribution is 6.00. The minimum atomic E-state index is -0.219. The average molecular weight is 498 g/mol. The van der Waals surface area contributed by atoms with Gasteiger partial charge in [0.15, 0.2) is 0 Å². The molecule has 1 N–H and O–H groups in total. The van der Waals surface area contributed by atoms with Crippen molar-refractivity contribution in [3.05, 3.63) is 99.6 Å². The molecule has 1 aliphatic carbocycles. The van der Waals surface area contributed by atoms with Crippen molar-refractivity contribution in [1.82, 2.24) is 4.90 Å². The fourth-order valence-corrected chi connectivity index (χ4v) is 6.27. The molecule has 0 saturated carbocycles. The Morgan fingerprint density at radius 3 is 2.49 bits per heavy atom. The van der Waals surface area contributed by atoms with Gasteiger partial charge in [0.05, 0.1) is 6.67 Å². The van der Waals surface area contributed by atoms with Crippen molar-refractivity contribution in [3.63, 3.8) is 0 Å². The molecule has 3 aromatic carbocycles. The predicted molar refractivity (Wildman–Crippen MR) is 153 cm³/mol. The molecule has 1 saturated heterocycles. The van der Waals surface area contributed by atoms with Crippen LogP contribution >= 0.6 is 0 Å². The predicted octanol–water partition coefficient (Wildman–Crippen LogP) is 7.78. The molecule has 1 heterocycles. The van der Waals surface area contributed by atoms with Gasteiger partial charge in [0.2, 0.25) is 0 Å². The van der Waals surface area contributed by atoms with Crippen molar-refractivity contribution >= 4 is 11.1 Å². The third-order valence-corrected chi connectivity index (χ3v) is 8.25. The van der Waals surface area contributed by atoms with E-state index in [4.69, 9.17) is 0 Å². The lowest BCUT2D eigenvalue weighted by atomic mass is 9.86. The Balaban J connectivity index is 1.49. The molecule has 0 radical (unpaired) electrons. The van der Waals surface area contributed by atoms with Gasteiger partial charge < -0.3 is 10.0 Å². The van der Waals surface area contributed by atoms with Crippen LogP contribution < -0.4 is 0 Å². The van der Waals surface area contributed by atoms with Crippen LogP contribution in [0.4, 0.5) is 4.39 Å². The Hall–Kier alpha value is -2.91. The van der Waals surface area contributed by atoms with E-state index in [1.807, 2.05) is 6.07 Å². The number of phenolic OH excluding ortho intramolecular Hbond substituents is 1. The van der Waals surface area contributed by atoms with Gasteiger partial charge in [0.25, 0.3) is 0 Å². The minimum absolute atomic E-state index is 0.219. The first-order valence-electron chi connectivity index (χ1n) is 14.1. The Labute approximate surface area is 221 Å². The van der Waals surface area contributed by atoms with Gasteiger partial charge in [0.1, 0.15) is 5.75 Å². The van der Waals surface area contributed by atoms with Gasteiger partial charge in [-0.05, 0) is 109 Å². The summed E-state index contributed by atoms with van der Waals surface area (Å²) >= 11 is 0. The van der Waals surface area contributed by atoms with Crippen LogP contribution in [0.1, 0.15) is 71.6 Å². The summed E-state index contributed by atoms with van der Waals surface area (Å²) < 4.78 is 12.6. The number of aromatic hydroxyl groups is 1. The Bertz CT molecular complexity index is 1260. The molecule has 1 unspecified atom stereocenters. The van der Waals surface area contributed by atoms with E-state index >= 15 is 0 Å². The number of allylic oxidation sites excluding steroid dienone is 1. The molecular weight excluding hydrogens is 457 g/mol. The maximum atomic E-state index is 12.6. The number of alkyl halides is 1. The molecular formula is C34H40FNO. The van der Waals surface area contributed by atoms with Crippen LogP contribution in [-0.4, -0.2) is 36.3 Å². The second-order valence-electron chi connectivity index (χ2n) is 11.0. The summed E-state index contributed by atoms with van der Waals surface area (Å²) in [4.78, 5) is 2.41. The number of halogens is 1. The molecule has 0 spiro atoms. The highest BCUT2D eigenvalue weighted by atomic mass is 19.1. The first-order chi connectivity index (χ1) is 18.1. The highest BCUT2D eigenvalue weighted by Gasteiger charge is 2.24. The summed E-state index contributed by atoms with van der Waals surface area (Å²) in [6, 6.07) is 22.2. The number of rotatable bonds is 8. The number of aryl methyl sites for hydroxylation is 3. The SMILES string of the molecule is CCc1ccc(C2=C(c3ccc(CC4CCN(CCCF)C4)cc3)c3ccc(C)cc3CCC2)c(O)c1. The molecule has 194 valence electrons. The van der Waals surface area contributed by atoms with Crippen LogP contribution in [0.5, 0.6) is 5.75 Å². The molecule has 0 aromatic heterocycles. The second-order valence-corrected chi connectivity index (χ2v) is 11.0. The maximum absolute atomic E-state index is 12.6. The Kier molecular flexibility index (Phi) is 8.10. The van der Waals surface area contributed by atoms with Crippen LogP contribution in [0.15, 0.2) is 60.7 Å². The molecule has 1 aliphatic heterocycles. The maximum Gasteiger partial charge on any atom is 0.123 e. The fourth-order valence-electron chi connectivity index (χ4n) is 6.27. The smallest absolute Gasteiger partial charge is 0.123 e. The van der Waals surface area contributed by atoms with E-state index in [1.54, 1.807) is 0 Å². The zero-order chi connectivity index (χ0) is 25.8. The lowest BCUT2D eigenvalue weighted by molar-refractivity contribution is 0.301. The quantitative estimate of drug-likeness (QED) is 0.343. The molecule has 5 rings (SSSR count). The van der Waals surface area contributed by atoms with E-state index < -0.39 is 0 Å². The number of likely N-dealkylation sites (tertiary alicyclic amines) is 1. The topological polar surface area (TPSA) is 23.5 Å². The molecule has 3 heteroatoms. The van der Waals surface area contributed by atoms with Gasteiger partial charge in [-0.25, -0.2) is 0 Å². The first-order valence-corrected chi connectivity index (χ1v) is 14.1. The standard InChI is InChI=1S/C34H40FNO/c1-3-25-11-15-31(33(37)22-25)32-7-4-6-29-20-24(2)8-14-30(29)34(32)28-12-9-26(10-13-28)21-27-16-19-36(23-27)18-5-17-35/h8-15,20,22,27,37H,3-7,16-19,21,23H2,1-2H3. The number of hydrogen-bond donors (Lipinski definition) is 1. The summed E-state index contributed by atoms with van der Waals surface area (Å²) in [6.07, 6.45) is 6.91. The normalized spacial score (nSPS) is 18.2. The van der Waals surface area contributed by atoms with Gasteiger partial charge in [-0.1, -0.05) is 67.1 Å². The van der Waals surface area contributed by atoms with Gasteiger partial charge in [-0.15, -0.1) is 0 Å².